The molecule has 25 heavy (non-hydrogen) atoms. The van der Waals surface area contributed by atoms with Gasteiger partial charge in [-0.3, -0.25) is 4.79 Å². The first-order valence-electron chi connectivity index (χ1n) is 8.00. The molecule has 1 aliphatic heterocycles. The van der Waals surface area contributed by atoms with Crippen molar-refractivity contribution in [2.45, 2.75) is 18.9 Å². The molecule has 1 aromatic heterocycles. The van der Waals surface area contributed by atoms with Gasteiger partial charge in [0.2, 0.25) is 5.91 Å². The molecule has 134 valence electrons. The summed E-state index contributed by atoms with van der Waals surface area (Å²) in [6.45, 7) is 0.353. The zero-order valence-electron chi connectivity index (χ0n) is 14.2. The average Bonchev–Trinajstić information content (AvgIpc) is 3.27. The fourth-order valence-electron chi connectivity index (χ4n) is 2.86. The van der Waals surface area contributed by atoms with Crippen molar-refractivity contribution >= 4 is 21.8 Å². The molecule has 0 bridgehead atoms. The molecular formula is C16H21N5O3S. The number of carbonyl (C=O) groups is 1. The van der Waals surface area contributed by atoms with Gasteiger partial charge in [-0.15, -0.1) is 0 Å². The van der Waals surface area contributed by atoms with Crippen LogP contribution in [0.2, 0.25) is 0 Å². The molecule has 0 unspecified atom stereocenters. The number of nitrogens with zero attached hydrogens (tertiary/aromatic N) is 4. The smallest absolute Gasteiger partial charge is 0.282 e. The van der Waals surface area contributed by atoms with Crippen molar-refractivity contribution in [3.63, 3.8) is 0 Å². The third-order valence-electron chi connectivity index (χ3n) is 4.15. The van der Waals surface area contributed by atoms with Crippen LogP contribution in [0.5, 0.6) is 0 Å². The predicted molar refractivity (Wildman–Crippen MR) is 94.5 cm³/mol. The molecule has 3 rings (SSSR count). The van der Waals surface area contributed by atoms with Crippen LogP contribution in [0.3, 0.4) is 0 Å². The van der Waals surface area contributed by atoms with Crippen LogP contribution in [-0.2, 0) is 15.0 Å². The number of nitrogens with one attached hydrogen (secondary N) is 1. The zero-order valence-corrected chi connectivity index (χ0v) is 15.0. The van der Waals surface area contributed by atoms with Gasteiger partial charge in [0.25, 0.3) is 10.2 Å². The third kappa shape index (κ3) is 3.58. The summed E-state index contributed by atoms with van der Waals surface area (Å²) in [5.41, 5.74) is 1.42. The lowest BCUT2D eigenvalue weighted by Crippen LogP contribution is -2.47. The number of carbonyl (C=O) groups excluding carboxylic acids is 1. The van der Waals surface area contributed by atoms with Crippen molar-refractivity contribution in [1.82, 2.24) is 18.4 Å². The Morgan fingerprint density at radius 3 is 2.80 bits per heavy atom. The molecule has 0 aliphatic carbocycles. The van der Waals surface area contributed by atoms with Crippen LogP contribution >= 0.6 is 0 Å². The summed E-state index contributed by atoms with van der Waals surface area (Å²) in [5, 5.41) is 6.98. The number of aromatic nitrogens is 2. The van der Waals surface area contributed by atoms with E-state index in [1.54, 1.807) is 23.0 Å². The third-order valence-corrected chi connectivity index (χ3v) is 6.10. The summed E-state index contributed by atoms with van der Waals surface area (Å²) >= 11 is 0. The van der Waals surface area contributed by atoms with Crippen molar-refractivity contribution in [1.29, 1.82) is 0 Å². The van der Waals surface area contributed by atoms with Crippen LogP contribution < -0.4 is 5.32 Å². The van der Waals surface area contributed by atoms with Gasteiger partial charge in [-0.2, -0.15) is 22.1 Å². The van der Waals surface area contributed by atoms with Crippen LogP contribution in [0.25, 0.3) is 5.69 Å². The van der Waals surface area contributed by atoms with Crippen LogP contribution in [0.4, 0.5) is 5.69 Å². The van der Waals surface area contributed by atoms with Gasteiger partial charge in [-0.05, 0) is 37.1 Å². The topological polar surface area (TPSA) is 87.5 Å². The summed E-state index contributed by atoms with van der Waals surface area (Å²) in [7, 11) is -0.678. The highest BCUT2D eigenvalue weighted by Crippen LogP contribution is 2.24. The van der Waals surface area contributed by atoms with E-state index in [1.807, 2.05) is 24.4 Å². The normalized spacial score (nSPS) is 18.6. The van der Waals surface area contributed by atoms with E-state index < -0.39 is 16.3 Å². The second-order valence-electron chi connectivity index (χ2n) is 6.05. The lowest BCUT2D eigenvalue weighted by Gasteiger charge is -2.26. The fraction of sp³-hybridized carbons (Fsp3) is 0.375. The molecule has 8 nitrogen and oxygen atoms in total. The molecule has 1 amide bonds. The van der Waals surface area contributed by atoms with Gasteiger partial charge in [0.15, 0.2) is 0 Å². The molecule has 0 saturated carbocycles. The van der Waals surface area contributed by atoms with Crippen molar-refractivity contribution in [2.24, 2.45) is 0 Å². The van der Waals surface area contributed by atoms with Gasteiger partial charge in [0, 0.05) is 38.7 Å². The number of rotatable bonds is 5. The molecule has 9 heteroatoms. The van der Waals surface area contributed by atoms with Gasteiger partial charge in [0.1, 0.15) is 6.04 Å². The Bertz CT molecular complexity index is 848. The Morgan fingerprint density at radius 2 is 2.12 bits per heavy atom. The molecule has 1 saturated heterocycles. The van der Waals surface area contributed by atoms with E-state index in [2.05, 4.69) is 10.4 Å². The highest BCUT2D eigenvalue weighted by molar-refractivity contribution is 7.86. The molecule has 1 aromatic carbocycles. The highest BCUT2D eigenvalue weighted by atomic mass is 32.2. The second kappa shape index (κ2) is 6.95. The van der Waals surface area contributed by atoms with Crippen LogP contribution in [0.15, 0.2) is 42.7 Å². The SMILES string of the molecule is CN(C)S(=O)(=O)N1CCC[C@@H]1C(=O)Nc1cccc(-n2cccn2)c1. The Kier molecular flexibility index (Phi) is 4.89. The van der Waals surface area contributed by atoms with Crippen molar-refractivity contribution in [3.05, 3.63) is 42.7 Å². The van der Waals surface area contributed by atoms with Crippen molar-refractivity contribution in [3.8, 4) is 5.69 Å². The molecular weight excluding hydrogens is 342 g/mol. The minimum Gasteiger partial charge on any atom is -0.325 e. The average molecular weight is 363 g/mol. The first-order chi connectivity index (χ1) is 11.9. The Labute approximate surface area is 147 Å². The Balaban J connectivity index is 1.77. The van der Waals surface area contributed by atoms with Crippen molar-refractivity contribution < 1.29 is 13.2 Å². The number of amides is 1. The van der Waals surface area contributed by atoms with E-state index in [4.69, 9.17) is 0 Å². The van der Waals surface area contributed by atoms with Gasteiger partial charge in [0.05, 0.1) is 5.69 Å². The Morgan fingerprint density at radius 1 is 1.32 bits per heavy atom. The minimum absolute atomic E-state index is 0.319. The number of hydrogen-bond donors (Lipinski definition) is 1. The lowest BCUT2D eigenvalue weighted by molar-refractivity contribution is -0.119. The Hall–Kier alpha value is -2.23. The van der Waals surface area contributed by atoms with Gasteiger partial charge in [-0.25, -0.2) is 4.68 Å². The maximum absolute atomic E-state index is 12.6. The summed E-state index contributed by atoms with van der Waals surface area (Å²) < 4.78 is 28.8. The van der Waals surface area contributed by atoms with Crippen LogP contribution in [0, 0.1) is 0 Å². The quantitative estimate of drug-likeness (QED) is 0.861. The van der Waals surface area contributed by atoms with E-state index in [9.17, 15) is 13.2 Å². The molecule has 2 aromatic rings. The number of hydrogen-bond acceptors (Lipinski definition) is 4. The van der Waals surface area contributed by atoms with E-state index in [-0.39, 0.29) is 5.91 Å². The van der Waals surface area contributed by atoms with E-state index in [0.29, 0.717) is 25.1 Å². The molecule has 0 spiro atoms. The minimum atomic E-state index is -3.61. The summed E-state index contributed by atoms with van der Waals surface area (Å²) in [4.78, 5) is 12.6. The second-order valence-corrected chi connectivity index (χ2v) is 8.14. The number of benzene rings is 1. The highest BCUT2D eigenvalue weighted by Gasteiger charge is 2.39. The molecule has 1 atom stereocenters. The number of anilines is 1. The monoisotopic (exact) mass is 363 g/mol. The van der Waals surface area contributed by atoms with E-state index in [1.165, 1.54) is 18.4 Å². The van der Waals surface area contributed by atoms with Gasteiger partial charge < -0.3 is 5.32 Å². The van der Waals surface area contributed by atoms with Crippen LogP contribution in [-0.4, -0.2) is 59.4 Å². The fourth-order valence-corrected chi connectivity index (χ4v) is 4.16. The summed E-state index contributed by atoms with van der Waals surface area (Å²) in [6, 6.07) is 8.38. The molecule has 1 aliphatic rings. The largest absolute Gasteiger partial charge is 0.325 e. The maximum atomic E-state index is 12.6. The zero-order chi connectivity index (χ0) is 18.0. The molecule has 2 heterocycles. The summed E-state index contributed by atoms with van der Waals surface area (Å²) in [6.07, 6.45) is 4.66. The van der Waals surface area contributed by atoms with E-state index in [0.717, 1.165) is 9.99 Å². The maximum Gasteiger partial charge on any atom is 0.282 e. The van der Waals surface area contributed by atoms with E-state index >= 15 is 0 Å². The molecule has 0 radical (unpaired) electrons. The van der Waals surface area contributed by atoms with Crippen molar-refractivity contribution in [2.75, 3.05) is 26.0 Å². The van der Waals surface area contributed by atoms with Crippen LogP contribution in [0.1, 0.15) is 12.8 Å². The predicted octanol–water partition coefficient (Wildman–Crippen LogP) is 1.08. The first-order valence-corrected chi connectivity index (χ1v) is 9.39. The standard InChI is InChI=1S/C16H21N5O3S/c1-19(2)25(23,24)21-11-4-8-15(21)16(22)18-13-6-3-7-14(12-13)20-10-5-9-17-20/h3,5-7,9-10,12,15H,4,8,11H2,1-2H3,(H,18,22)/t15-/m1/s1. The summed E-state index contributed by atoms with van der Waals surface area (Å²) in [5.74, 6) is -0.319. The lowest BCUT2D eigenvalue weighted by atomic mass is 10.2. The van der Waals surface area contributed by atoms with Gasteiger partial charge >= 0.3 is 0 Å². The first kappa shape index (κ1) is 17.6. The molecule has 1 fully saturated rings. The van der Waals surface area contributed by atoms with Gasteiger partial charge in [-0.1, -0.05) is 6.07 Å². The molecule has 1 N–H and O–H groups in total.